The lowest BCUT2D eigenvalue weighted by Crippen LogP contribution is -2.32. The minimum Gasteiger partial charge on any atom is -0.497 e. The second-order valence-electron chi connectivity index (χ2n) is 7.35. The number of aromatic nitrogens is 4. The fourth-order valence-corrected chi connectivity index (χ4v) is 3.66. The van der Waals surface area contributed by atoms with Crippen LogP contribution in [0.15, 0.2) is 59.4 Å². The molecule has 5 rings (SSSR count). The van der Waals surface area contributed by atoms with Crippen LogP contribution in [0.25, 0.3) is 22.4 Å². The molecule has 156 valence electrons. The predicted octanol–water partition coefficient (Wildman–Crippen LogP) is 3.40. The van der Waals surface area contributed by atoms with Crippen LogP contribution in [0.5, 0.6) is 5.75 Å². The van der Waals surface area contributed by atoms with E-state index >= 15 is 4.39 Å². The van der Waals surface area contributed by atoms with Crippen LogP contribution in [0.3, 0.4) is 0 Å². The van der Waals surface area contributed by atoms with Gasteiger partial charge in [-0.1, -0.05) is 5.16 Å². The number of methoxy groups -OCH3 is 1. The molecule has 1 saturated heterocycles. The Morgan fingerprint density at radius 3 is 2.68 bits per heavy atom. The number of carbonyl (C=O) groups excluding carboxylic acids is 1. The minimum atomic E-state index is -1.90. The number of likely N-dealkylation sites (tertiary alicyclic amines) is 1. The average molecular weight is 419 g/mol. The molecule has 2 aromatic heterocycles. The number of halogens is 1. The smallest absolute Gasteiger partial charge is 0.266 e. The normalized spacial score (nSPS) is 18.5. The zero-order chi connectivity index (χ0) is 21.4. The average Bonchev–Trinajstić information content (AvgIpc) is 3.47. The fourth-order valence-electron chi connectivity index (χ4n) is 3.66. The second-order valence-corrected chi connectivity index (χ2v) is 7.35. The zero-order valence-corrected chi connectivity index (χ0v) is 16.7. The maximum absolute atomic E-state index is 15.6. The van der Waals surface area contributed by atoms with Gasteiger partial charge in [0.25, 0.3) is 11.8 Å². The van der Waals surface area contributed by atoms with Crippen LogP contribution in [-0.4, -0.2) is 51.1 Å². The third-order valence-electron chi connectivity index (χ3n) is 5.38. The number of alkyl halides is 1. The molecule has 0 radical (unpaired) electrons. The SMILES string of the molecule is COc1ccc(-c2noc(C3(F)CCN(C(=O)c4ccc5nccnc5c4)C3)n2)cc1. The maximum Gasteiger partial charge on any atom is 0.266 e. The number of fused-ring (bicyclic) bond motifs is 1. The van der Waals surface area contributed by atoms with Gasteiger partial charge in [-0.2, -0.15) is 4.98 Å². The van der Waals surface area contributed by atoms with Crippen molar-refractivity contribution in [1.82, 2.24) is 25.0 Å². The molecular formula is C22H18FN5O3. The zero-order valence-electron chi connectivity index (χ0n) is 16.7. The number of hydrogen-bond acceptors (Lipinski definition) is 7. The summed E-state index contributed by atoms with van der Waals surface area (Å²) in [6.07, 6.45) is 3.23. The van der Waals surface area contributed by atoms with E-state index in [1.807, 2.05) is 0 Å². The molecule has 31 heavy (non-hydrogen) atoms. The number of nitrogens with zero attached hydrogens (tertiary/aromatic N) is 5. The fraction of sp³-hybridized carbons (Fsp3) is 0.227. The molecular weight excluding hydrogens is 401 g/mol. The number of hydrogen-bond donors (Lipinski definition) is 0. The highest BCUT2D eigenvalue weighted by molar-refractivity contribution is 5.97. The quantitative estimate of drug-likeness (QED) is 0.500. The Balaban J connectivity index is 1.35. The Labute approximate surface area is 176 Å². The summed E-state index contributed by atoms with van der Waals surface area (Å²) in [6.45, 7) is 0.0860. The van der Waals surface area contributed by atoms with Gasteiger partial charge in [0.1, 0.15) is 5.75 Å². The Bertz CT molecular complexity index is 1260. The van der Waals surface area contributed by atoms with Gasteiger partial charge in [0.2, 0.25) is 11.5 Å². The summed E-state index contributed by atoms with van der Waals surface area (Å²) in [5.41, 5.74) is 0.519. The van der Waals surface area contributed by atoms with E-state index in [4.69, 9.17) is 9.26 Å². The van der Waals surface area contributed by atoms with Crippen molar-refractivity contribution in [3.05, 3.63) is 66.3 Å². The summed E-state index contributed by atoms with van der Waals surface area (Å²) in [6, 6.07) is 12.1. The lowest BCUT2D eigenvalue weighted by atomic mass is 10.1. The minimum absolute atomic E-state index is 0.0797. The summed E-state index contributed by atoms with van der Waals surface area (Å²) in [5.74, 6) is 0.576. The number of ether oxygens (including phenoxy) is 1. The number of amides is 1. The van der Waals surface area contributed by atoms with Crippen molar-refractivity contribution in [2.24, 2.45) is 0 Å². The maximum atomic E-state index is 15.6. The third kappa shape index (κ3) is 3.48. The summed E-state index contributed by atoms with van der Waals surface area (Å²) in [4.78, 5) is 27.0. The van der Waals surface area contributed by atoms with Crippen molar-refractivity contribution in [1.29, 1.82) is 0 Å². The molecule has 2 aromatic carbocycles. The van der Waals surface area contributed by atoms with E-state index in [1.165, 1.54) is 4.90 Å². The van der Waals surface area contributed by atoms with Crippen molar-refractivity contribution in [3.8, 4) is 17.1 Å². The first kappa shape index (κ1) is 19.1. The third-order valence-corrected chi connectivity index (χ3v) is 5.38. The Morgan fingerprint density at radius 2 is 1.90 bits per heavy atom. The van der Waals surface area contributed by atoms with E-state index in [1.54, 1.807) is 62.0 Å². The van der Waals surface area contributed by atoms with Crippen molar-refractivity contribution in [3.63, 3.8) is 0 Å². The summed E-state index contributed by atoms with van der Waals surface area (Å²) >= 11 is 0. The topological polar surface area (TPSA) is 94.2 Å². The monoisotopic (exact) mass is 419 g/mol. The Kier molecular flexibility index (Phi) is 4.58. The molecule has 4 aromatic rings. The summed E-state index contributed by atoms with van der Waals surface area (Å²) in [7, 11) is 1.58. The molecule has 0 bridgehead atoms. The number of benzene rings is 2. The molecule has 1 atom stereocenters. The van der Waals surface area contributed by atoms with Crippen molar-refractivity contribution >= 4 is 16.9 Å². The van der Waals surface area contributed by atoms with Crippen LogP contribution in [0.1, 0.15) is 22.7 Å². The molecule has 0 N–H and O–H groups in total. The molecule has 1 amide bonds. The van der Waals surface area contributed by atoms with E-state index in [-0.39, 0.29) is 37.1 Å². The van der Waals surface area contributed by atoms with Crippen LogP contribution in [-0.2, 0) is 5.67 Å². The van der Waals surface area contributed by atoms with Gasteiger partial charge in [-0.25, -0.2) is 4.39 Å². The molecule has 0 spiro atoms. The first-order valence-corrected chi connectivity index (χ1v) is 9.73. The van der Waals surface area contributed by atoms with E-state index in [9.17, 15) is 4.79 Å². The number of rotatable bonds is 4. The van der Waals surface area contributed by atoms with Gasteiger partial charge in [-0.3, -0.25) is 14.8 Å². The van der Waals surface area contributed by atoms with Gasteiger partial charge < -0.3 is 14.2 Å². The second kappa shape index (κ2) is 7.42. The molecule has 1 aliphatic heterocycles. The van der Waals surface area contributed by atoms with Crippen LogP contribution < -0.4 is 4.74 Å². The lowest BCUT2D eigenvalue weighted by Gasteiger charge is -2.18. The van der Waals surface area contributed by atoms with Crippen molar-refractivity contribution < 1.29 is 18.4 Å². The molecule has 0 saturated carbocycles. The highest BCUT2D eigenvalue weighted by Crippen LogP contribution is 2.36. The molecule has 1 fully saturated rings. The van der Waals surface area contributed by atoms with Gasteiger partial charge in [0.15, 0.2) is 0 Å². The first-order chi connectivity index (χ1) is 15.1. The molecule has 8 nitrogen and oxygen atoms in total. The first-order valence-electron chi connectivity index (χ1n) is 9.73. The molecule has 3 heterocycles. The van der Waals surface area contributed by atoms with Gasteiger partial charge >= 0.3 is 0 Å². The Hall–Kier alpha value is -3.88. The van der Waals surface area contributed by atoms with Crippen LogP contribution in [0, 0.1) is 0 Å². The van der Waals surface area contributed by atoms with Crippen molar-refractivity contribution in [2.75, 3.05) is 20.2 Å². The molecule has 9 heteroatoms. The summed E-state index contributed by atoms with van der Waals surface area (Å²) in [5, 5.41) is 3.91. The highest BCUT2D eigenvalue weighted by Gasteiger charge is 2.46. The lowest BCUT2D eigenvalue weighted by molar-refractivity contribution is 0.0717. The van der Waals surface area contributed by atoms with E-state index in [0.717, 1.165) is 0 Å². The van der Waals surface area contributed by atoms with E-state index in [2.05, 4.69) is 20.1 Å². The van der Waals surface area contributed by atoms with Crippen LogP contribution in [0.4, 0.5) is 4.39 Å². The highest BCUT2D eigenvalue weighted by atomic mass is 19.1. The largest absolute Gasteiger partial charge is 0.497 e. The van der Waals surface area contributed by atoms with Crippen LogP contribution >= 0.6 is 0 Å². The van der Waals surface area contributed by atoms with Gasteiger partial charge in [-0.05, 0) is 42.5 Å². The summed E-state index contributed by atoms with van der Waals surface area (Å²) < 4.78 is 26.0. The standard InChI is InChI=1S/C22H18FN5O3/c1-30-16-5-2-14(3-6-16)19-26-21(31-27-19)22(23)8-11-28(13-22)20(29)15-4-7-17-18(12-15)25-10-9-24-17/h2-7,9-10,12H,8,11,13H2,1H3. The van der Waals surface area contributed by atoms with E-state index < -0.39 is 5.67 Å². The molecule has 1 unspecified atom stereocenters. The van der Waals surface area contributed by atoms with E-state index in [0.29, 0.717) is 27.9 Å². The van der Waals surface area contributed by atoms with Crippen LogP contribution in [0.2, 0.25) is 0 Å². The molecule has 0 aliphatic carbocycles. The predicted molar refractivity (Wildman–Crippen MR) is 109 cm³/mol. The molecule has 1 aliphatic rings. The Morgan fingerprint density at radius 1 is 1.13 bits per heavy atom. The number of carbonyl (C=O) groups is 1. The van der Waals surface area contributed by atoms with Gasteiger partial charge in [0, 0.05) is 36.5 Å². The van der Waals surface area contributed by atoms with Gasteiger partial charge in [0.05, 0.1) is 24.7 Å². The van der Waals surface area contributed by atoms with Crippen molar-refractivity contribution in [2.45, 2.75) is 12.1 Å². The van der Waals surface area contributed by atoms with Gasteiger partial charge in [-0.15, -0.1) is 0 Å².